The van der Waals surface area contributed by atoms with Gasteiger partial charge in [-0.15, -0.1) is 0 Å². The number of nitrogens with one attached hydrogen (secondary N) is 1. The standard InChI is InChI=1S/C14H11FN2O3/c15-11-3-1-10(2-4-11)9-14(18)16-12-5-7-13(8-6-12)17(19)20/h1-8H,9H2,(H,16,18). The number of non-ortho nitro benzene ring substituents is 1. The SMILES string of the molecule is O=C(Cc1ccc(F)cc1)Nc1ccc([N+](=O)[O-])cc1. The summed E-state index contributed by atoms with van der Waals surface area (Å²) in [6, 6.07) is 11.2. The summed E-state index contributed by atoms with van der Waals surface area (Å²) in [6.07, 6.45) is 0.108. The highest BCUT2D eigenvalue weighted by molar-refractivity contribution is 5.92. The van der Waals surface area contributed by atoms with Crippen LogP contribution in [0.5, 0.6) is 0 Å². The molecule has 0 radical (unpaired) electrons. The number of nitro groups is 1. The number of amides is 1. The molecule has 0 aromatic heterocycles. The molecular formula is C14H11FN2O3. The van der Waals surface area contributed by atoms with Crippen LogP contribution in [-0.4, -0.2) is 10.8 Å². The molecule has 2 aromatic carbocycles. The van der Waals surface area contributed by atoms with Gasteiger partial charge in [0.1, 0.15) is 5.82 Å². The molecule has 0 heterocycles. The first-order valence-corrected chi connectivity index (χ1v) is 5.83. The molecule has 1 N–H and O–H groups in total. The Bertz CT molecular complexity index is 624. The molecule has 0 unspecified atom stereocenters. The number of nitrogens with zero attached hydrogens (tertiary/aromatic N) is 1. The van der Waals surface area contributed by atoms with Crippen LogP contribution in [0.1, 0.15) is 5.56 Å². The van der Waals surface area contributed by atoms with Crippen LogP contribution in [0, 0.1) is 15.9 Å². The van der Waals surface area contributed by atoms with Crippen molar-refractivity contribution in [2.45, 2.75) is 6.42 Å². The van der Waals surface area contributed by atoms with Crippen LogP contribution >= 0.6 is 0 Å². The fraction of sp³-hybridized carbons (Fsp3) is 0.0714. The number of benzene rings is 2. The summed E-state index contributed by atoms with van der Waals surface area (Å²) in [4.78, 5) is 21.7. The number of anilines is 1. The molecule has 2 aromatic rings. The Hall–Kier alpha value is -2.76. The minimum absolute atomic E-state index is 0.0402. The van der Waals surface area contributed by atoms with Gasteiger partial charge in [0, 0.05) is 17.8 Å². The second-order valence-electron chi connectivity index (χ2n) is 4.16. The number of halogens is 1. The van der Waals surface area contributed by atoms with E-state index in [1.807, 2.05) is 0 Å². The van der Waals surface area contributed by atoms with Crippen molar-refractivity contribution >= 4 is 17.3 Å². The van der Waals surface area contributed by atoms with E-state index in [-0.39, 0.29) is 23.8 Å². The zero-order valence-electron chi connectivity index (χ0n) is 10.4. The fourth-order valence-electron chi connectivity index (χ4n) is 1.66. The maximum absolute atomic E-state index is 12.7. The van der Waals surface area contributed by atoms with Crippen LogP contribution < -0.4 is 5.32 Å². The lowest BCUT2D eigenvalue weighted by atomic mass is 10.1. The van der Waals surface area contributed by atoms with E-state index in [1.54, 1.807) is 0 Å². The van der Waals surface area contributed by atoms with Crippen molar-refractivity contribution in [3.8, 4) is 0 Å². The van der Waals surface area contributed by atoms with Gasteiger partial charge in [-0.3, -0.25) is 14.9 Å². The van der Waals surface area contributed by atoms with Gasteiger partial charge in [0.15, 0.2) is 0 Å². The minimum atomic E-state index is -0.510. The number of carbonyl (C=O) groups is 1. The van der Waals surface area contributed by atoms with Gasteiger partial charge in [-0.1, -0.05) is 12.1 Å². The zero-order valence-corrected chi connectivity index (χ0v) is 10.4. The van der Waals surface area contributed by atoms with Crippen molar-refractivity contribution in [3.05, 3.63) is 70.0 Å². The van der Waals surface area contributed by atoms with Crippen molar-refractivity contribution in [3.63, 3.8) is 0 Å². The molecule has 0 saturated heterocycles. The van der Waals surface area contributed by atoms with Crippen LogP contribution in [0.4, 0.5) is 15.8 Å². The van der Waals surface area contributed by atoms with E-state index < -0.39 is 4.92 Å². The highest BCUT2D eigenvalue weighted by Crippen LogP contribution is 2.15. The highest BCUT2D eigenvalue weighted by atomic mass is 19.1. The first-order chi connectivity index (χ1) is 9.54. The van der Waals surface area contributed by atoms with E-state index in [4.69, 9.17) is 0 Å². The molecule has 0 spiro atoms. The van der Waals surface area contributed by atoms with Crippen molar-refractivity contribution in [1.29, 1.82) is 0 Å². The van der Waals surface area contributed by atoms with Gasteiger partial charge in [-0.25, -0.2) is 4.39 Å². The Morgan fingerprint density at radius 3 is 2.25 bits per heavy atom. The Morgan fingerprint density at radius 1 is 1.10 bits per heavy atom. The largest absolute Gasteiger partial charge is 0.326 e. The van der Waals surface area contributed by atoms with Gasteiger partial charge in [0.25, 0.3) is 5.69 Å². The Labute approximate surface area is 114 Å². The Morgan fingerprint density at radius 2 is 1.70 bits per heavy atom. The summed E-state index contributed by atoms with van der Waals surface area (Å²) in [5.74, 6) is -0.630. The van der Waals surface area contributed by atoms with Gasteiger partial charge in [-0.05, 0) is 29.8 Å². The molecule has 0 atom stereocenters. The summed E-state index contributed by atoms with van der Waals surface area (Å²) < 4.78 is 12.7. The van der Waals surface area contributed by atoms with Crippen LogP contribution in [0.2, 0.25) is 0 Å². The first kappa shape index (κ1) is 13.7. The summed E-state index contributed by atoms with van der Waals surface area (Å²) >= 11 is 0. The van der Waals surface area contributed by atoms with Crippen LogP contribution in [0.3, 0.4) is 0 Å². The van der Waals surface area contributed by atoms with Crippen LogP contribution in [0.25, 0.3) is 0 Å². The average molecular weight is 274 g/mol. The molecule has 2 rings (SSSR count). The molecule has 0 bridgehead atoms. The van der Waals surface area contributed by atoms with E-state index >= 15 is 0 Å². The molecule has 0 aliphatic carbocycles. The van der Waals surface area contributed by atoms with Crippen molar-refractivity contribution in [1.82, 2.24) is 0 Å². The molecule has 0 saturated carbocycles. The maximum Gasteiger partial charge on any atom is 0.269 e. The number of carbonyl (C=O) groups excluding carboxylic acids is 1. The van der Waals surface area contributed by atoms with E-state index in [0.717, 1.165) is 0 Å². The molecule has 20 heavy (non-hydrogen) atoms. The predicted octanol–water partition coefficient (Wildman–Crippen LogP) is 2.92. The lowest BCUT2D eigenvalue weighted by Gasteiger charge is -2.05. The molecule has 5 nitrogen and oxygen atoms in total. The Kier molecular flexibility index (Phi) is 4.05. The number of rotatable bonds is 4. The van der Waals surface area contributed by atoms with Gasteiger partial charge < -0.3 is 5.32 Å². The van der Waals surface area contributed by atoms with Crippen LogP contribution in [-0.2, 0) is 11.2 Å². The van der Waals surface area contributed by atoms with E-state index in [2.05, 4.69) is 5.32 Å². The molecule has 0 aliphatic rings. The van der Waals surface area contributed by atoms with E-state index in [9.17, 15) is 19.3 Å². The third-order valence-corrected chi connectivity index (χ3v) is 2.64. The minimum Gasteiger partial charge on any atom is -0.326 e. The molecule has 0 aliphatic heterocycles. The normalized spacial score (nSPS) is 10.1. The van der Waals surface area contributed by atoms with Gasteiger partial charge in [0.2, 0.25) is 5.91 Å². The van der Waals surface area contributed by atoms with Gasteiger partial charge in [0.05, 0.1) is 11.3 Å². The number of nitro benzene ring substituents is 1. The molecular weight excluding hydrogens is 263 g/mol. The first-order valence-electron chi connectivity index (χ1n) is 5.83. The van der Waals surface area contributed by atoms with Crippen molar-refractivity contribution in [2.24, 2.45) is 0 Å². The van der Waals surface area contributed by atoms with Gasteiger partial charge >= 0.3 is 0 Å². The van der Waals surface area contributed by atoms with Gasteiger partial charge in [-0.2, -0.15) is 0 Å². The number of hydrogen-bond donors (Lipinski definition) is 1. The third-order valence-electron chi connectivity index (χ3n) is 2.64. The molecule has 102 valence electrons. The molecule has 1 amide bonds. The summed E-state index contributed by atoms with van der Waals surface area (Å²) in [5, 5.41) is 13.1. The zero-order chi connectivity index (χ0) is 14.5. The second kappa shape index (κ2) is 5.92. The van der Waals surface area contributed by atoms with Crippen LogP contribution in [0.15, 0.2) is 48.5 Å². The molecule has 6 heteroatoms. The summed E-state index contributed by atoms with van der Waals surface area (Å²) in [5.41, 5.74) is 1.12. The van der Waals surface area contributed by atoms with E-state index in [0.29, 0.717) is 11.3 Å². The second-order valence-corrected chi connectivity index (χ2v) is 4.16. The average Bonchev–Trinajstić information content (AvgIpc) is 2.42. The summed E-state index contributed by atoms with van der Waals surface area (Å²) in [6.45, 7) is 0. The predicted molar refractivity (Wildman–Crippen MR) is 71.8 cm³/mol. The lowest BCUT2D eigenvalue weighted by Crippen LogP contribution is -2.14. The highest BCUT2D eigenvalue weighted by Gasteiger charge is 2.07. The van der Waals surface area contributed by atoms with Crippen molar-refractivity contribution in [2.75, 3.05) is 5.32 Å². The maximum atomic E-state index is 12.7. The molecule has 0 fully saturated rings. The fourth-order valence-corrected chi connectivity index (χ4v) is 1.66. The van der Waals surface area contributed by atoms with Crippen molar-refractivity contribution < 1.29 is 14.1 Å². The topological polar surface area (TPSA) is 72.2 Å². The third kappa shape index (κ3) is 3.61. The monoisotopic (exact) mass is 274 g/mol. The quantitative estimate of drug-likeness (QED) is 0.688. The number of hydrogen-bond acceptors (Lipinski definition) is 3. The van der Waals surface area contributed by atoms with E-state index in [1.165, 1.54) is 48.5 Å². The lowest BCUT2D eigenvalue weighted by molar-refractivity contribution is -0.384. The Balaban J connectivity index is 1.97. The smallest absolute Gasteiger partial charge is 0.269 e. The summed E-state index contributed by atoms with van der Waals surface area (Å²) in [7, 11) is 0.